The van der Waals surface area contributed by atoms with Crippen molar-refractivity contribution in [2.24, 2.45) is 0 Å². The fraction of sp³-hybridized carbons (Fsp3) is 0.227. The third-order valence-corrected chi connectivity index (χ3v) is 4.57. The molecule has 3 aromatic rings. The Hall–Kier alpha value is -2.92. The fourth-order valence-electron chi connectivity index (χ4n) is 3.27. The van der Waals surface area contributed by atoms with Gasteiger partial charge in [0.1, 0.15) is 5.82 Å². The standard InChI is InChI=1S/C22H23FN2O2/c1-15(2)25-19-8-6-5-7-18(19)22(16-9-11-17(23)12-10-16)20(25)13-14-21(26)24(3)27-4/h5-15H,1-4H3. The van der Waals surface area contributed by atoms with Crippen LogP contribution in [0.5, 0.6) is 0 Å². The predicted molar refractivity (Wildman–Crippen MR) is 107 cm³/mol. The van der Waals surface area contributed by atoms with Gasteiger partial charge in [-0.3, -0.25) is 9.63 Å². The molecule has 0 saturated heterocycles. The van der Waals surface area contributed by atoms with E-state index in [0.29, 0.717) is 0 Å². The van der Waals surface area contributed by atoms with E-state index in [1.54, 1.807) is 25.3 Å². The number of carbonyl (C=O) groups is 1. The number of rotatable bonds is 5. The number of aromatic nitrogens is 1. The van der Waals surface area contributed by atoms with Crippen LogP contribution in [-0.4, -0.2) is 29.7 Å². The minimum atomic E-state index is -0.277. The van der Waals surface area contributed by atoms with Crippen LogP contribution in [0.2, 0.25) is 0 Å². The van der Waals surface area contributed by atoms with Crippen molar-refractivity contribution in [1.82, 2.24) is 9.63 Å². The Bertz CT molecular complexity index is 987. The molecule has 0 bridgehead atoms. The van der Waals surface area contributed by atoms with Crippen LogP contribution in [0.4, 0.5) is 4.39 Å². The summed E-state index contributed by atoms with van der Waals surface area (Å²) in [5.74, 6) is -0.538. The Kier molecular flexibility index (Phi) is 5.42. The monoisotopic (exact) mass is 366 g/mol. The maximum Gasteiger partial charge on any atom is 0.269 e. The number of benzene rings is 2. The third-order valence-electron chi connectivity index (χ3n) is 4.57. The Balaban J connectivity index is 2.27. The number of hydroxylamine groups is 2. The summed E-state index contributed by atoms with van der Waals surface area (Å²) in [6, 6.07) is 14.7. The summed E-state index contributed by atoms with van der Waals surface area (Å²) < 4.78 is 15.6. The number of carbonyl (C=O) groups excluding carboxylic acids is 1. The zero-order valence-electron chi connectivity index (χ0n) is 15.9. The maximum absolute atomic E-state index is 13.4. The van der Waals surface area contributed by atoms with Gasteiger partial charge in [-0.1, -0.05) is 30.3 Å². The highest BCUT2D eigenvalue weighted by Gasteiger charge is 2.19. The average Bonchev–Trinajstić information content (AvgIpc) is 3.00. The van der Waals surface area contributed by atoms with Crippen LogP contribution in [0.15, 0.2) is 54.6 Å². The molecule has 2 aromatic carbocycles. The second-order valence-corrected chi connectivity index (χ2v) is 6.60. The molecule has 0 aliphatic rings. The molecule has 0 fully saturated rings. The second-order valence-electron chi connectivity index (χ2n) is 6.60. The summed E-state index contributed by atoms with van der Waals surface area (Å²) >= 11 is 0. The number of hydrogen-bond acceptors (Lipinski definition) is 2. The minimum absolute atomic E-state index is 0.180. The van der Waals surface area contributed by atoms with E-state index in [9.17, 15) is 9.18 Å². The Morgan fingerprint density at radius 1 is 1.15 bits per heavy atom. The van der Waals surface area contributed by atoms with Crippen LogP contribution in [0, 0.1) is 5.82 Å². The lowest BCUT2D eigenvalue weighted by atomic mass is 10.0. The first-order chi connectivity index (χ1) is 12.9. The van der Waals surface area contributed by atoms with Gasteiger partial charge in [-0.2, -0.15) is 0 Å². The summed E-state index contributed by atoms with van der Waals surface area (Å²) in [7, 11) is 3.01. The number of amides is 1. The van der Waals surface area contributed by atoms with Gasteiger partial charge in [-0.15, -0.1) is 0 Å². The van der Waals surface area contributed by atoms with Crippen LogP contribution in [-0.2, 0) is 9.63 Å². The number of para-hydroxylation sites is 1. The molecule has 27 heavy (non-hydrogen) atoms. The lowest BCUT2D eigenvalue weighted by Crippen LogP contribution is -2.23. The lowest BCUT2D eigenvalue weighted by Gasteiger charge is -2.14. The van der Waals surface area contributed by atoms with E-state index in [1.807, 2.05) is 18.2 Å². The Morgan fingerprint density at radius 2 is 1.81 bits per heavy atom. The quantitative estimate of drug-likeness (QED) is 0.467. The molecule has 1 aromatic heterocycles. The van der Waals surface area contributed by atoms with Gasteiger partial charge >= 0.3 is 0 Å². The summed E-state index contributed by atoms with van der Waals surface area (Å²) in [5.41, 5.74) is 3.84. The van der Waals surface area contributed by atoms with Crippen molar-refractivity contribution in [3.05, 3.63) is 66.1 Å². The van der Waals surface area contributed by atoms with E-state index in [2.05, 4.69) is 24.5 Å². The maximum atomic E-state index is 13.4. The van der Waals surface area contributed by atoms with Gasteiger partial charge in [0.15, 0.2) is 0 Å². The van der Waals surface area contributed by atoms with Crippen molar-refractivity contribution < 1.29 is 14.0 Å². The summed E-state index contributed by atoms with van der Waals surface area (Å²) in [4.78, 5) is 17.1. The molecule has 140 valence electrons. The number of fused-ring (bicyclic) bond motifs is 1. The molecule has 0 saturated carbocycles. The van der Waals surface area contributed by atoms with Crippen LogP contribution >= 0.6 is 0 Å². The first-order valence-corrected chi connectivity index (χ1v) is 8.82. The largest absolute Gasteiger partial charge is 0.338 e. The normalized spacial score (nSPS) is 11.6. The van der Waals surface area contributed by atoms with Gasteiger partial charge in [0.2, 0.25) is 0 Å². The van der Waals surface area contributed by atoms with E-state index in [0.717, 1.165) is 32.8 Å². The minimum Gasteiger partial charge on any atom is -0.338 e. The van der Waals surface area contributed by atoms with Crippen molar-refractivity contribution >= 4 is 22.9 Å². The molecule has 0 N–H and O–H groups in total. The van der Waals surface area contributed by atoms with E-state index in [4.69, 9.17) is 4.84 Å². The predicted octanol–water partition coefficient (Wildman–Crippen LogP) is 5.06. The van der Waals surface area contributed by atoms with Gasteiger partial charge in [0.25, 0.3) is 5.91 Å². The third kappa shape index (κ3) is 3.64. The molecule has 0 aliphatic heterocycles. The number of likely N-dealkylation sites (N-methyl/N-ethyl adjacent to an activating group) is 1. The van der Waals surface area contributed by atoms with E-state index < -0.39 is 0 Å². The number of hydrogen-bond donors (Lipinski definition) is 0. The summed E-state index contributed by atoms with van der Waals surface area (Å²) in [6.07, 6.45) is 3.29. The molecule has 1 heterocycles. The van der Waals surface area contributed by atoms with Crippen LogP contribution < -0.4 is 0 Å². The zero-order valence-corrected chi connectivity index (χ0v) is 15.9. The highest BCUT2D eigenvalue weighted by Crippen LogP contribution is 2.37. The van der Waals surface area contributed by atoms with Gasteiger partial charge in [-0.05, 0) is 43.7 Å². The SMILES string of the molecule is CON(C)C(=O)C=Cc1c(-c2ccc(F)cc2)c2ccccc2n1C(C)C. The molecule has 0 aliphatic carbocycles. The molecular weight excluding hydrogens is 343 g/mol. The van der Waals surface area contributed by atoms with Gasteiger partial charge in [0.05, 0.1) is 12.8 Å². The molecule has 0 radical (unpaired) electrons. The second kappa shape index (κ2) is 7.76. The summed E-state index contributed by atoms with van der Waals surface area (Å²) in [5, 5.41) is 2.22. The topological polar surface area (TPSA) is 34.5 Å². The average molecular weight is 366 g/mol. The molecule has 0 atom stereocenters. The number of halogens is 1. The molecule has 1 amide bonds. The van der Waals surface area contributed by atoms with E-state index in [-0.39, 0.29) is 17.8 Å². The Morgan fingerprint density at radius 3 is 2.44 bits per heavy atom. The van der Waals surface area contributed by atoms with Gasteiger partial charge < -0.3 is 4.57 Å². The van der Waals surface area contributed by atoms with E-state index >= 15 is 0 Å². The first kappa shape index (κ1) is 18.9. The fourth-order valence-corrected chi connectivity index (χ4v) is 3.27. The van der Waals surface area contributed by atoms with Crippen LogP contribution in [0.1, 0.15) is 25.6 Å². The smallest absolute Gasteiger partial charge is 0.269 e. The van der Waals surface area contributed by atoms with Crippen LogP contribution in [0.3, 0.4) is 0 Å². The van der Waals surface area contributed by atoms with Crippen LogP contribution in [0.25, 0.3) is 28.1 Å². The molecule has 0 unspecified atom stereocenters. The van der Waals surface area contributed by atoms with Crippen molar-refractivity contribution in [3.63, 3.8) is 0 Å². The van der Waals surface area contributed by atoms with Gasteiger partial charge in [-0.25, -0.2) is 9.45 Å². The molecule has 3 rings (SSSR count). The zero-order chi connectivity index (χ0) is 19.6. The van der Waals surface area contributed by atoms with Crippen molar-refractivity contribution in [2.75, 3.05) is 14.2 Å². The van der Waals surface area contributed by atoms with E-state index in [1.165, 1.54) is 25.3 Å². The van der Waals surface area contributed by atoms with Crippen molar-refractivity contribution in [2.45, 2.75) is 19.9 Å². The van der Waals surface area contributed by atoms with Crippen molar-refractivity contribution in [1.29, 1.82) is 0 Å². The first-order valence-electron chi connectivity index (χ1n) is 8.82. The number of nitrogens with zero attached hydrogens (tertiary/aromatic N) is 2. The molecule has 4 nitrogen and oxygen atoms in total. The molecule has 5 heteroatoms. The van der Waals surface area contributed by atoms with Crippen molar-refractivity contribution in [3.8, 4) is 11.1 Å². The highest BCUT2D eigenvalue weighted by atomic mass is 19.1. The molecular formula is C22H23FN2O2. The van der Waals surface area contributed by atoms with Gasteiger partial charge in [0, 0.05) is 35.6 Å². The summed E-state index contributed by atoms with van der Waals surface area (Å²) in [6.45, 7) is 4.20. The highest BCUT2D eigenvalue weighted by molar-refractivity contribution is 6.02. The lowest BCUT2D eigenvalue weighted by molar-refractivity contribution is -0.162. The molecule has 0 spiro atoms. The Labute approximate surface area is 158 Å².